The van der Waals surface area contributed by atoms with Gasteiger partial charge in [0.2, 0.25) is 0 Å². The number of alkyl halides is 3. The predicted octanol–water partition coefficient (Wildman–Crippen LogP) is 3.84. The average molecular weight is 350 g/mol. The van der Waals surface area contributed by atoms with Gasteiger partial charge in [-0.3, -0.25) is 4.79 Å². The van der Waals surface area contributed by atoms with Crippen molar-refractivity contribution >= 4 is 5.97 Å². The van der Waals surface area contributed by atoms with E-state index in [1.54, 1.807) is 18.2 Å². The molecular weight excluding hydrogens is 337 g/mol. The minimum atomic E-state index is -4.41. The molecule has 0 unspecified atom stereocenters. The lowest BCUT2D eigenvalue weighted by molar-refractivity contribution is -0.139. The molecule has 0 amide bonds. The van der Waals surface area contributed by atoms with Crippen molar-refractivity contribution in [3.63, 3.8) is 0 Å². The Morgan fingerprint density at radius 2 is 2.00 bits per heavy atom. The Morgan fingerprint density at radius 3 is 2.72 bits per heavy atom. The molecule has 4 nitrogen and oxygen atoms in total. The first-order chi connectivity index (χ1) is 11.8. The van der Waals surface area contributed by atoms with Crippen molar-refractivity contribution in [1.82, 2.24) is 0 Å². The Labute approximate surface area is 140 Å². The maximum Gasteiger partial charge on any atom is 0.416 e. The number of aliphatic carboxylic acids is 1. The summed E-state index contributed by atoms with van der Waals surface area (Å²) in [4.78, 5) is 11.0. The van der Waals surface area contributed by atoms with Crippen LogP contribution < -0.4 is 9.47 Å². The highest BCUT2D eigenvalue weighted by atomic mass is 19.4. The average Bonchev–Trinajstić information content (AvgIpc) is 3.16. The third kappa shape index (κ3) is 2.79. The van der Waals surface area contributed by atoms with Gasteiger partial charge in [0.05, 0.1) is 5.56 Å². The van der Waals surface area contributed by atoms with Crippen LogP contribution in [0.2, 0.25) is 0 Å². The molecule has 0 aromatic heterocycles. The number of carboxylic acids is 1. The van der Waals surface area contributed by atoms with Crippen molar-refractivity contribution in [2.75, 3.05) is 0 Å². The van der Waals surface area contributed by atoms with E-state index in [2.05, 4.69) is 0 Å². The number of carboxylic acid groups (broad SMARTS) is 1. The van der Waals surface area contributed by atoms with Gasteiger partial charge in [-0.05, 0) is 29.8 Å². The van der Waals surface area contributed by atoms with Gasteiger partial charge >= 0.3 is 12.1 Å². The molecule has 0 radical (unpaired) electrons. The molecule has 1 N–H and O–H groups in total. The molecular formula is C18H13F3O4. The molecule has 1 heterocycles. The fourth-order valence-corrected chi connectivity index (χ4v) is 3.22. The van der Waals surface area contributed by atoms with Crippen LogP contribution in [0.15, 0.2) is 42.5 Å². The second-order valence-corrected chi connectivity index (χ2v) is 6.16. The van der Waals surface area contributed by atoms with Crippen LogP contribution in [0.1, 0.15) is 22.6 Å². The van der Waals surface area contributed by atoms with E-state index in [9.17, 15) is 18.0 Å². The van der Waals surface area contributed by atoms with Crippen molar-refractivity contribution in [2.45, 2.75) is 24.8 Å². The largest absolute Gasteiger partial charge is 0.489 e. The van der Waals surface area contributed by atoms with E-state index in [-0.39, 0.29) is 24.4 Å². The van der Waals surface area contributed by atoms with E-state index in [0.29, 0.717) is 5.75 Å². The summed E-state index contributed by atoms with van der Waals surface area (Å²) in [6.07, 6.45) is -4.73. The maximum absolute atomic E-state index is 12.7. The minimum absolute atomic E-state index is 0.0929. The number of hydrogen-bond acceptors (Lipinski definition) is 3. The minimum Gasteiger partial charge on any atom is -0.489 e. The van der Waals surface area contributed by atoms with Crippen molar-refractivity contribution in [3.8, 4) is 11.5 Å². The van der Waals surface area contributed by atoms with Crippen molar-refractivity contribution in [3.05, 3.63) is 59.2 Å². The van der Waals surface area contributed by atoms with Crippen LogP contribution in [0.3, 0.4) is 0 Å². The third-order valence-corrected chi connectivity index (χ3v) is 4.51. The molecule has 0 spiro atoms. The molecule has 7 heteroatoms. The summed E-state index contributed by atoms with van der Waals surface area (Å²) in [6, 6.07) is 10.0. The summed E-state index contributed by atoms with van der Waals surface area (Å²) in [5, 5.41) is 9.05. The summed E-state index contributed by atoms with van der Waals surface area (Å²) in [7, 11) is 0. The molecule has 2 aliphatic rings. The zero-order valence-corrected chi connectivity index (χ0v) is 12.8. The number of halogens is 3. The molecule has 3 atom stereocenters. The first-order valence-electron chi connectivity index (χ1n) is 7.67. The van der Waals surface area contributed by atoms with Crippen LogP contribution in [0.5, 0.6) is 11.5 Å². The molecule has 2 aromatic carbocycles. The van der Waals surface area contributed by atoms with E-state index in [1.165, 1.54) is 12.1 Å². The van der Waals surface area contributed by atoms with E-state index in [0.717, 1.165) is 23.3 Å². The quantitative estimate of drug-likeness (QED) is 0.910. The van der Waals surface area contributed by atoms with Crippen LogP contribution in [0, 0.1) is 5.92 Å². The standard InChI is InChI=1S/C18H13F3O4/c19-18(20,21)10-2-1-3-11(7-10)24-8-9-4-5-12-13(6-9)25-16-14(12)15(16)17(22)23/h1-7,14-16H,8H2,(H,22,23)/t14-,15-,16-/m1/s1. The Balaban J connectivity index is 1.45. The Morgan fingerprint density at radius 1 is 1.20 bits per heavy atom. The van der Waals surface area contributed by atoms with Gasteiger partial charge in [-0.2, -0.15) is 13.2 Å². The molecule has 25 heavy (non-hydrogen) atoms. The molecule has 1 saturated carbocycles. The second kappa shape index (κ2) is 5.40. The van der Waals surface area contributed by atoms with Crippen LogP contribution >= 0.6 is 0 Å². The fraction of sp³-hybridized carbons (Fsp3) is 0.278. The van der Waals surface area contributed by atoms with Gasteiger partial charge in [-0.15, -0.1) is 0 Å². The van der Waals surface area contributed by atoms with E-state index in [1.807, 2.05) is 0 Å². The van der Waals surface area contributed by atoms with E-state index in [4.69, 9.17) is 14.6 Å². The van der Waals surface area contributed by atoms with Crippen molar-refractivity contribution in [2.24, 2.45) is 5.92 Å². The number of fused-ring (bicyclic) bond motifs is 3. The van der Waals surface area contributed by atoms with Gasteiger partial charge in [0.15, 0.2) is 0 Å². The lowest BCUT2D eigenvalue weighted by Crippen LogP contribution is -2.08. The second-order valence-electron chi connectivity index (χ2n) is 6.16. The highest BCUT2D eigenvalue weighted by Crippen LogP contribution is 2.58. The zero-order valence-electron chi connectivity index (χ0n) is 12.8. The number of ether oxygens (including phenoxy) is 2. The van der Waals surface area contributed by atoms with E-state index < -0.39 is 23.6 Å². The highest BCUT2D eigenvalue weighted by Gasteiger charge is 2.62. The Hall–Kier alpha value is -2.70. The molecule has 1 aliphatic heterocycles. The third-order valence-electron chi connectivity index (χ3n) is 4.51. The lowest BCUT2D eigenvalue weighted by Gasteiger charge is -2.12. The molecule has 0 saturated heterocycles. The lowest BCUT2D eigenvalue weighted by atomic mass is 10.1. The SMILES string of the molecule is O=C(O)[C@H]1[C@@H]2Oc3cc(COc4cccc(C(F)(F)F)c4)ccc3[C@@H]21. The van der Waals surface area contributed by atoms with Gasteiger partial charge < -0.3 is 14.6 Å². The van der Waals surface area contributed by atoms with E-state index >= 15 is 0 Å². The van der Waals surface area contributed by atoms with Gasteiger partial charge in [-0.1, -0.05) is 18.2 Å². The van der Waals surface area contributed by atoms with Crippen molar-refractivity contribution in [1.29, 1.82) is 0 Å². The Bertz CT molecular complexity index is 846. The Kier molecular flexibility index (Phi) is 3.42. The first-order valence-corrected chi connectivity index (χ1v) is 7.67. The van der Waals surface area contributed by atoms with Gasteiger partial charge in [0, 0.05) is 11.5 Å². The van der Waals surface area contributed by atoms with Gasteiger partial charge in [-0.25, -0.2) is 0 Å². The van der Waals surface area contributed by atoms with Gasteiger partial charge in [0.1, 0.15) is 30.1 Å². The highest BCUT2D eigenvalue weighted by molar-refractivity contribution is 5.79. The number of hydrogen-bond donors (Lipinski definition) is 1. The topological polar surface area (TPSA) is 55.8 Å². The fourth-order valence-electron chi connectivity index (χ4n) is 3.22. The first kappa shape index (κ1) is 15.8. The number of carbonyl (C=O) groups is 1. The summed E-state index contributed by atoms with van der Waals surface area (Å²) >= 11 is 0. The zero-order chi connectivity index (χ0) is 17.8. The molecule has 4 rings (SSSR count). The molecule has 1 aliphatic carbocycles. The summed E-state index contributed by atoms with van der Waals surface area (Å²) < 4.78 is 49.2. The smallest absolute Gasteiger partial charge is 0.416 e. The maximum atomic E-state index is 12.7. The predicted molar refractivity (Wildman–Crippen MR) is 80.5 cm³/mol. The summed E-state index contributed by atoms with van der Waals surface area (Å²) in [6.45, 7) is 0.0929. The molecule has 1 fully saturated rings. The number of rotatable bonds is 4. The molecule has 0 bridgehead atoms. The van der Waals surface area contributed by atoms with Crippen molar-refractivity contribution < 1.29 is 32.5 Å². The molecule has 130 valence electrons. The van der Waals surface area contributed by atoms with Gasteiger partial charge in [0.25, 0.3) is 0 Å². The van der Waals surface area contributed by atoms with Crippen LogP contribution in [0.4, 0.5) is 13.2 Å². The summed E-state index contributed by atoms with van der Waals surface area (Å²) in [5.74, 6) is -0.703. The van der Waals surface area contributed by atoms with Crippen LogP contribution in [-0.2, 0) is 17.6 Å². The van der Waals surface area contributed by atoms with Crippen LogP contribution in [0.25, 0.3) is 0 Å². The van der Waals surface area contributed by atoms with Crippen LogP contribution in [-0.4, -0.2) is 17.2 Å². The normalized spacial score (nSPS) is 23.4. The monoisotopic (exact) mass is 350 g/mol. The summed E-state index contributed by atoms with van der Waals surface area (Å²) in [5.41, 5.74) is 0.839. The number of benzene rings is 2. The molecule has 2 aromatic rings.